The van der Waals surface area contributed by atoms with Crippen LogP contribution in [0.2, 0.25) is 0 Å². The highest BCUT2D eigenvalue weighted by Crippen LogP contribution is 2.53. The lowest BCUT2D eigenvalue weighted by Crippen LogP contribution is -2.56. The van der Waals surface area contributed by atoms with Gasteiger partial charge >= 0.3 is 24.1 Å². The van der Waals surface area contributed by atoms with Gasteiger partial charge in [0.2, 0.25) is 0 Å². The molecule has 0 N–H and O–H groups in total. The predicted molar refractivity (Wildman–Crippen MR) is 53.7 cm³/mol. The van der Waals surface area contributed by atoms with Gasteiger partial charge in [0.25, 0.3) is 0 Å². The molecule has 3 nitrogen and oxygen atoms in total. The molecule has 112 valence electrons. The fraction of sp³-hybridized carbons (Fsp3) is 0.364. The molecule has 0 saturated carbocycles. The van der Waals surface area contributed by atoms with Crippen LogP contribution in [-0.4, -0.2) is 25.6 Å². The highest BCUT2D eigenvalue weighted by molar-refractivity contribution is 5.61. The van der Waals surface area contributed by atoms with Gasteiger partial charge in [-0.25, -0.2) is 4.79 Å². The van der Waals surface area contributed by atoms with E-state index in [0.29, 0.717) is 19.2 Å². The zero-order valence-corrected chi connectivity index (χ0v) is 9.88. The van der Waals surface area contributed by atoms with Crippen LogP contribution < -0.4 is 0 Å². The molecule has 0 aliphatic carbocycles. The Morgan fingerprint density at radius 1 is 0.950 bits per heavy atom. The van der Waals surface area contributed by atoms with E-state index in [1.165, 1.54) is 6.07 Å². The van der Waals surface area contributed by atoms with Gasteiger partial charge < -0.3 is 9.47 Å². The molecule has 0 bridgehead atoms. The topological polar surface area (TPSA) is 35.5 Å². The highest BCUT2D eigenvalue weighted by Gasteiger charge is 2.75. The maximum absolute atomic E-state index is 13.0. The van der Waals surface area contributed by atoms with Crippen molar-refractivity contribution in [3.8, 4) is 0 Å². The van der Waals surface area contributed by atoms with Gasteiger partial charge in [-0.1, -0.05) is 30.3 Å². The number of ether oxygens (including phenoxy) is 2. The minimum Gasteiger partial charge on any atom is -0.438 e. The molecule has 0 atom stereocenters. The second-order valence-electron chi connectivity index (χ2n) is 3.60. The smallest absolute Gasteiger partial charge is 0.438 e. The molecule has 0 saturated heterocycles. The molecule has 0 heterocycles. The largest absolute Gasteiger partial charge is 0.509 e. The molecule has 0 aliphatic heterocycles. The molecule has 0 aromatic heterocycles. The van der Waals surface area contributed by atoms with Crippen LogP contribution in [0.1, 0.15) is 5.56 Å². The Kier molecular flexibility index (Phi) is 4.21. The van der Waals surface area contributed by atoms with E-state index in [2.05, 4.69) is 9.47 Å². The Balaban J connectivity index is 3.56. The third-order valence-corrected chi connectivity index (χ3v) is 2.38. The van der Waals surface area contributed by atoms with Crippen molar-refractivity contribution < 1.29 is 40.6 Å². The van der Waals surface area contributed by atoms with Gasteiger partial charge in [-0.05, 0) is 0 Å². The summed E-state index contributed by atoms with van der Waals surface area (Å²) in [5, 5.41) is 0. The number of halogens is 6. The van der Waals surface area contributed by atoms with Crippen LogP contribution in [0.25, 0.3) is 0 Å². The number of carbonyl (C=O) groups excluding carboxylic acids is 1. The van der Waals surface area contributed by atoms with Crippen LogP contribution in [0.3, 0.4) is 0 Å². The fourth-order valence-corrected chi connectivity index (χ4v) is 1.50. The third kappa shape index (κ3) is 2.66. The summed E-state index contributed by atoms with van der Waals surface area (Å²) in [5.74, 6) is 0. The molecule has 0 aliphatic rings. The second kappa shape index (κ2) is 5.22. The van der Waals surface area contributed by atoms with Gasteiger partial charge in [0.15, 0.2) is 0 Å². The van der Waals surface area contributed by atoms with Crippen LogP contribution in [0, 0.1) is 0 Å². The van der Waals surface area contributed by atoms with E-state index in [9.17, 15) is 31.1 Å². The molecule has 0 spiro atoms. The van der Waals surface area contributed by atoms with Crippen molar-refractivity contribution in [3.05, 3.63) is 35.9 Å². The van der Waals surface area contributed by atoms with Crippen LogP contribution >= 0.6 is 0 Å². The van der Waals surface area contributed by atoms with Crippen molar-refractivity contribution in [1.29, 1.82) is 0 Å². The van der Waals surface area contributed by atoms with E-state index < -0.39 is 29.7 Å². The number of hydrogen-bond acceptors (Lipinski definition) is 3. The van der Waals surface area contributed by atoms with Crippen molar-refractivity contribution in [2.24, 2.45) is 0 Å². The molecule has 1 aromatic carbocycles. The zero-order valence-electron chi connectivity index (χ0n) is 9.88. The normalized spacial score (nSPS) is 12.9. The van der Waals surface area contributed by atoms with Gasteiger partial charge in [0.05, 0.1) is 7.11 Å². The maximum atomic E-state index is 13.0. The van der Waals surface area contributed by atoms with E-state index in [0.717, 1.165) is 12.1 Å². The summed E-state index contributed by atoms with van der Waals surface area (Å²) >= 11 is 0. The van der Waals surface area contributed by atoms with Gasteiger partial charge in [0.1, 0.15) is 0 Å². The lowest BCUT2D eigenvalue weighted by Gasteiger charge is -2.36. The average Bonchev–Trinajstić information content (AvgIpc) is 2.33. The van der Waals surface area contributed by atoms with E-state index in [4.69, 9.17) is 0 Å². The summed E-state index contributed by atoms with van der Waals surface area (Å²) in [6, 6.07) is 4.26. The van der Waals surface area contributed by atoms with Crippen molar-refractivity contribution in [2.75, 3.05) is 7.11 Å². The van der Waals surface area contributed by atoms with E-state index >= 15 is 0 Å². The summed E-state index contributed by atoms with van der Waals surface area (Å²) in [6.45, 7) is 0. The molecule has 1 rings (SSSR count). The summed E-state index contributed by atoms with van der Waals surface area (Å²) in [7, 11) is 0.602. The number of carbonyl (C=O) groups is 1. The Morgan fingerprint density at radius 2 is 1.40 bits per heavy atom. The Morgan fingerprint density at radius 3 is 1.75 bits per heavy atom. The molecule has 1 aromatic rings. The van der Waals surface area contributed by atoms with Gasteiger partial charge in [0, 0.05) is 5.56 Å². The number of methoxy groups -OCH3 is 1. The molecule has 0 fully saturated rings. The maximum Gasteiger partial charge on any atom is 0.509 e. The minimum absolute atomic E-state index is 0.559. The molecular weight excluding hydrogens is 294 g/mol. The summed E-state index contributed by atoms with van der Waals surface area (Å²) in [5.41, 5.74) is -6.06. The Labute approximate surface area is 109 Å². The molecule has 9 heteroatoms. The van der Waals surface area contributed by atoms with Crippen LogP contribution in [0.15, 0.2) is 30.3 Å². The summed E-state index contributed by atoms with van der Waals surface area (Å²) in [6.07, 6.45) is -13.9. The van der Waals surface area contributed by atoms with Crippen molar-refractivity contribution >= 4 is 6.16 Å². The molecular formula is C11H8F6O3. The molecule has 0 amide bonds. The lowest BCUT2D eigenvalue weighted by molar-refractivity contribution is -0.376. The number of hydrogen-bond donors (Lipinski definition) is 0. The quantitative estimate of drug-likeness (QED) is 0.616. The molecule has 0 unspecified atom stereocenters. The van der Waals surface area contributed by atoms with Crippen molar-refractivity contribution in [1.82, 2.24) is 0 Å². The highest BCUT2D eigenvalue weighted by atomic mass is 19.4. The fourth-order valence-electron chi connectivity index (χ4n) is 1.50. The SMILES string of the molecule is COC(=O)OC(c1ccccc1)(C(F)(F)F)C(F)(F)F. The Hall–Kier alpha value is -1.93. The number of alkyl halides is 6. The third-order valence-electron chi connectivity index (χ3n) is 2.38. The number of rotatable bonds is 2. The average molecular weight is 302 g/mol. The van der Waals surface area contributed by atoms with Gasteiger partial charge in [-0.3, -0.25) is 0 Å². The van der Waals surface area contributed by atoms with E-state index in [-0.39, 0.29) is 0 Å². The van der Waals surface area contributed by atoms with Crippen LogP contribution in [-0.2, 0) is 15.1 Å². The Bertz CT molecular complexity index is 451. The molecule has 20 heavy (non-hydrogen) atoms. The standard InChI is InChI=1S/C11H8F6O3/c1-19-8(18)20-9(10(12,13)14,11(15,16)17)7-5-3-2-4-6-7/h2-6H,1H3. The van der Waals surface area contributed by atoms with E-state index in [1.807, 2.05) is 0 Å². The monoisotopic (exact) mass is 302 g/mol. The van der Waals surface area contributed by atoms with Crippen molar-refractivity contribution in [3.63, 3.8) is 0 Å². The van der Waals surface area contributed by atoms with E-state index in [1.54, 1.807) is 0 Å². The van der Waals surface area contributed by atoms with Crippen molar-refractivity contribution in [2.45, 2.75) is 18.0 Å². The second-order valence-corrected chi connectivity index (χ2v) is 3.60. The first kappa shape index (κ1) is 16.1. The summed E-state index contributed by atoms with van der Waals surface area (Å²) in [4.78, 5) is 10.8. The predicted octanol–water partition coefficient (Wildman–Crippen LogP) is 3.79. The van der Waals surface area contributed by atoms with Gasteiger partial charge in [-0.15, -0.1) is 0 Å². The first-order chi connectivity index (χ1) is 9.06. The van der Waals surface area contributed by atoms with Crippen LogP contribution in [0.4, 0.5) is 31.1 Å². The molecule has 0 radical (unpaired) electrons. The summed E-state index contributed by atoms with van der Waals surface area (Å²) < 4.78 is 85.4. The minimum atomic E-state index is -5.92. The van der Waals surface area contributed by atoms with Crippen LogP contribution in [0.5, 0.6) is 0 Å². The number of benzene rings is 1. The first-order valence-electron chi connectivity index (χ1n) is 5.02. The lowest BCUT2D eigenvalue weighted by atomic mass is 9.92. The first-order valence-corrected chi connectivity index (χ1v) is 5.02. The van der Waals surface area contributed by atoms with Gasteiger partial charge in [-0.2, -0.15) is 26.3 Å². The zero-order chi connectivity index (χ0) is 15.6.